The van der Waals surface area contributed by atoms with Gasteiger partial charge in [-0.1, -0.05) is 25.1 Å². The molecule has 1 unspecified atom stereocenters. The molecular weight excluding hydrogens is 340 g/mol. The van der Waals surface area contributed by atoms with E-state index in [-0.39, 0.29) is 6.04 Å². The number of morpholine rings is 1. The van der Waals surface area contributed by atoms with Crippen LogP contribution in [0.2, 0.25) is 0 Å². The Balaban J connectivity index is 1.65. The zero-order chi connectivity index (χ0) is 18.8. The van der Waals surface area contributed by atoms with E-state index in [1.165, 1.54) is 5.56 Å². The summed E-state index contributed by atoms with van der Waals surface area (Å²) < 4.78 is 7.86. The fourth-order valence-corrected chi connectivity index (χ4v) is 3.81. The van der Waals surface area contributed by atoms with E-state index >= 15 is 0 Å². The number of aromatic nitrogens is 5. The summed E-state index contributed by atoms with van der Waals surface area (Å²) in [5, 5.41) is 12.2. The van der Waals surface area contributed by atoms with Gasteiger partial charge in [0.1, 0.15) is 11.6 Å². The molecule has 0 amide bonds. The summed E-state index contributed by atoms with van der Waals surface area (Å²) in [6.45, 7) is 9.28. The second-order valence-corrected chi connectivity index (χ2v) is 6.94. The Morgan fingerprint density at radius 3 is 2.78 bits per heavy atom. The number of ether oxygens (including phenoxy) is 1. The van der Waals surface area contributed by atoms with Gasteiger partial charge in [-0.2, -0.15) is 10.2 Å². The Morgan fingerprint density at radius 1 is 1.22 bits per heavy atom. The standard InChI is InChI=1S/C20H26N6O/c1-4-18-21-19(23-22-18)12-25-10-11-27-13-17(25)20-14(2)24-26(15(20)3)16-8-6-5-7-9-16/h5-9,17H,4,10-13H2,1-3H3,(H,21,22,23). The van der Waals surface area contributed by atoms with Crippen LogP contribution in [0.1, 0.15) is 41.6 Å². The number of aromatic amines is 1. The van der Waals surface area contributed by atoms with Crippen molar-refractivity contribution < 1.29 is 4.74 Å². The van der Waals surface area contributed by atoms with Crippen molar-refractivity contribution in [2.24, 2.45) is 0 Å². The molecule has 1 fully saturated rings. The predicted octanol–water partition coefficient (Wildman–Crippen LogP) is 2.74. The van der Waals surface area contributed by atoms with Gasteiger partial charge in [-0.05, 0) is 26.0 Å². The van der Waals surface area contributed by atoms with Crippen molar-refractivity contribution >= 4 is 0 Å². The van der Waals surface area contributed by atoms with E-state index in [2.05, 4.69) is 53.0 Å². The zero-order valence-corrected chi connectivity index (χ0v) is 16.1. The second-order valence-electron chi connectivity index (χ2n) is 6.94. The van der Waals surface area contributed by atoms with Crippen LogP contribution in [-0.2, 0) is 17.7 Å². The summed E-state index contributed by atoms with van der Waals surface area (Å²) in [7, 11) is 0. The van der Waals surface area contributed by atoms with Crippen molar-refractivity contribution in [3.63, 3.8) is 0 Å². The van der Waals surface area contributed by atoms with Crippen LogP contribution in [-0.4, -0.2) is 49.6 Å². The molecular formula is C20H26N6O. The van der Waals surface area contributed by atoms with Crippen LogP contribution in [0.25, 0.3) is 5.69 Å². The highest BCUT2D eigenvalue weighted by Gasteiger charge is 2.30. The van der Waals surface area contributed by atoms with Crippen molar-refractivity contribution in [2.45, 2.75) is 39.8 Å². The largest absolute Gasteiger partial charge is 0.378 e. The minimum absolute atomic E-state index is 0.159. The SMILES string of the molecule is CCc1n[nH]c(CN2CCOCC2c2c(C)nn(-c3ccccc3)c2C)n1. The lowest BCUT2D eigenvalue weighted by molar-refractivity contribution is -0.0142. The monoisotopic (exact) mass is 366 g/mol. The fourth-order valence-electron chi connectivity index (χ4n) is 3.81. The number of nitrogens with one attached hydrogen (secondary N) is 1. The second kappa shape index (κ2) is 7.62. The van der Waals surface area contributed by atoms with Crippen LogP contribution in [0, 0.1) is 13.8 Å². The summed E-state index contributed by atoms with van der Waals surface area (Å²) in [6.07, 6.45) is 0.838. The van der Waals surface area contributed by atoms with Gasteiger partial charge in [0, 0.05) is 24.2 Å². The van der Waals surface area contributed by atoms with Crippen LogP contribution < -0.4 is 0 Å². The average Bonchev–Trinajstić information content (AvgIpc) is 3.27. The molecule has 27 heavy (non-hydrogen) atoms. The lowest BCUT2D eigenvalue weighted by Crippen LogP contribution is -2.39. The third-order valence-electron chi connectivity index (χ3n) is 5.17. The number of nitrogens with zero attached hydrogens (tertiary/aromatic N) is 5. The summed E-state index contributed by atoms with van der Waals surface area (Å²) in [6, 6.07) is 10.4. The van der Waals surface area contributed by atoms with Crippen molar-refractivity contribution in [3.8, 4) is 5.69 Å². The molecule has 0 spiro atoms. The number of benzene rings is 1. The first-order valence-corrected chi connectivity index (χ1v) is 9.51. The van der Waals surface area contributed by atoms with Crippen molar-refractivity contribution in [2.75, 3.05) is 19.8 Å². The highest BCUT2D eigenvalue weighted by molar-refractivity contribution is 5.38. The Kier molecular flexibility index (Phi) is 5.05. The molecule has 3 heterocycles. The van der Waals surface area contributed by atoms with Gasteiger partial charge in [-0.25, -0.2) is 9.67 Å². The van der Waals surface area contributed by atoms with Gasteiger partial charge >= 0.3 is 0 Å². The molecule has 1 saturated heterocycles. The highest BCUT2D eigenvalue weighted by Crippen LogP contribution is 2.31. The van der Waals surface area contributed by atoms with Crippen LogP contribution in [0.5, 0.6) is 0 Å². The van der Waals surface area contributed by atoms with E-state index in [0.29, 0.717) is 6.61 Å². The van der Waals surface area contributed by atoms with E-state index in [0.717, 1.165) is 54.8 Å². The van der Waals surface area contributed by atoms with E-state index in [9.17, 15) is 0 Å². The van der Waals surface area contributed by atoms with Gasteiger partial charge < -0.3 is 4.74 Å². The average molecular weight is 366 g/mol. The third-order valence-corrected chi connectivity index (χ3v) is 5.17. The lowest BCUT2D eigenvalue weighted by Gasteiger charge is -2.35. The first-order valence-electron chi connectivity index (χ1n) is 9.51. The normalized spacial score (nSPS) is 18.1. The molecule has 4 rings (SSSR count). The number of aryl methyl sites for hydroxylation is 2. The maximum Gasteiger partial charge on any atom is 0.150 e. The van der Waals surface area contributed by atoms with Crippen molar-refractivity contribution in [3.05, 3.63) is 58.9 Å². The Bertz CT molecular complexity index is 901. The molecule has 7 heteroatoms. The van der Waals surface area contributed by atoms with Gasteiger partial charge in [0.05, 0.1) is 37.2 Å². The van der Waals surface area contributed by atoms with Crippen LogP contribution >= 0.6 is 0 Å². The molecule has 1 aromatic carbocycles. The van der Waals surface area contributed by atoms with Crippen molar-refractivity contribution in [1.82, 2.24) is 29.9 Å². The van der Waals surface area contributed by atoms with Crippen LogP contribution in [0.4, 0.5) is 0 Å². The molecule has 0 bridgehead atoms. The number of hydrogen-bond acceptors (Lipinski definition) is 5. The first kappa shape index (κ1) is 17.9. The minimum Gasteiger partial charge on any atom is -0.378 e. The number of H-pyrrole nitrogens is 1. The molecule has 7 nitrogen and oxygen atoms in total. The molecule has 1 aliphatic heterocycles. The molecule has 3 aromatic rings. The number of hydrogen-bond donors (Lipinski definition) is 1. The molecule has 1 aliphatic rings. The highest BCUT2D eigenvalue weighted by atomic mass is 16.5. The summed E-state index contributed by atoms with van der Waals surface area (Å²) in [4.78, 5) is 6.99. The maximum atomic E-state index is 5.83. The molecule has 2 aromatic heterocycles. The van der Waals surface area contributed by atoms with E-state index < -0.39 is 0 Å². The maximum absolute atomic E-state index is 5.83. The summed E-state index contributed by atoms with van der Waals surface area (Å²) in [5.74, 6) is 1.77. The summed E-state index contributed by atoms with van der Waals surface area (Å²) in [5.41, 5.74) is 4.53. The molecule has 0 saturated carbocycles. The molecule has 1 atom stereocenters. The van der Waals surface area contributed by atoms with Gasteiger partial charge in [0.15, 0.2) is 0 Å². The lowest BCUT2D eigenvalue weighted by atomic mass is 10.0. The van der Waals surface area contributed by atoms with E-state index in [1.54, 1.807) is 0 Å². The molecule has 0 aliphatic carbocycles. The fraction of sp³-hybridized carbons (Fsp3) is 0.450. The first-order chi connectivity index (χ1) is 13.2. The number of rotatable bonds is 5. The summed E-state index contributed by atoms with van der Waals surface area (Å²) >= 11 is 0. The Hall–Kier alpha value is -2.51. The van der Waals surface area contributed by atoms with Crippen LogP contribution in [0.15, 0.2) is 30.3 Å². The van der Waals surface area contributed by atoms with Gasteiger partial charge in [0.2, 0.25) is 0 Å². The smallest absolute Gasteiger partial charge is 0.150 e. The van der Waals surface area contributed by atoms with Gasteiger partial charge in [0.25, 0.3) is 0 Å². The van der Waals surface area contributed by atoms with Gasteiger partial charge in [-0.3, -0.25) is 10.00 Å². The molecule has 1 N–H and O–H groups in total. The van der Waals surface area contributed by atoms with Crippen molar-refractivity contribution in [1.29, 1.82) is 0 Å². The predicted molar refractivity (Wildman–Crippen MR) is 103 cm³/mol. The third kappa shape index (κ3) is 3.52. The van der Waals surface area contributed by atoms with Gasteiger partial charge in [-0.15, -0.1) is 0 Å². The Labute approximate surface area is 159 Å². The van der Waals surface area contributed by atoms with Crippen LogP contribution in [0.3, 0.4) is 0 Å². The molecule has 142 valence electrons. The number of para-hydroxylation sites is 1. The topological polar surface area (TPSA) is 71.9 Å². The van der Waals surface area contributed by atoms with E-state index in [1.807, 2.05) is 22.9 Å². The van der Waals surface area contributed by atoms with E-state index in [4.69, 9.17) is 9.84 Å². The zero-order valence-electron chi connectivity index (χ0n) is 16.1. The molecule has 0 radical (unpaired) electrons. The quantitative estimate of drug-likeness (QED) is 0.752. The Morgan fingerprint density at radius 2 is 2.04 bits per heavy atom. The minimum atomic E-state index is 0.159.